The summed E-state index contributed by atoms with van der Waals surface area (Å²) in [6.45, 7) is -0.416. The molecule has 0 radical (unpaired) electrons. The number of hydrogen-bond donors (Lipinski definition) is 1. The highest BCUT2D eigenvalue weighted by molar-refractivity contribution is 9.10. The SMILES string of the molecule is O=C(CN(Cc1ccc(Cl)cc1)S(=O)(=O)c1ccc(Br)cc1)N/N=C\c1cccnc1. The molecule has 0 spiro atoms. The van der Waals surface area contributed by atoms with Gasteiger partial charge in [0.2, 0.25) is 10.0 Å². The predicted molar refractivity (Wildman–Crippen MR) is 123 cm³/mol. The van der Waals surface area contributed by atoms with E-state index in [-0.39, 0.29) is 11.4 Å². The second kappa shape index (κ2) is 10.6. The Morgan fingerprint density at radius 2 is 1.84 bits per heavy atom. The van der Waals surface area contributed by atoms with E-state index in [4.69, 9.17) is 11.6 Å². The van der Waals surface area contributed by atoms with Gasteiger partial charge in [-0.2, -0.15) is 9.41 Å². The Labute approximate surface area is 193 Å². The van der Waals surface area contributed by atoms with E-state index >= 15 is 0 Å². The number of nitrogens with one attached hydrogen (secondary N) is 1. The van der Waals surface area contributed by atoms with E-state index in [0.29, 0.717) is 16.1 Å². The Bertz CT molecular complexity index is 1160. The minimum absolute atomic E-state index is 0.00466. The molecule has 7 nitrogen and oxygen atoms in total. The zero-order chi connectivity index (χ0) is 22.3. The van der Waals surface area contributed by atoms with Gasteiger partial charge in [0.1, 0.15) is 0 Å². The molecule has 0 aliphatic rings. The summed E-state index contributed by atoms with van der Waals surface area (Å²) in [6.07, 6.45) is 4.63. The van der Waals surface area contributed by atoms with E-state index in [1.807, 2.05) is 0 Å². The summed E-state index contributed by atoms with van der Waals surface area (Å²) < 4.78 is 28.2. The lowest BCUT2D eigenvalue weighted by molar-refractivity contribution is -0.121. The number of rotatable bonds is 8. The third-order valence-corrected chi connectivity index (χ3v) is 6.72. The van der Waals surface area contributed by atoms with Gasteiger partial charge in [-0.1, -0.05) is 45.7 Å². The first kappa shape index (κ1) is 23.1. The van der Waals surface area contributed by atoms with Gasteiger partial charge >= 0.3 is 0 Å². The van der Waals surface area contributed by atoms with Gasteiger partial charge in [0.05, 0.1) is 17.7 Å². The molecule has 3 rings (SSSR count). The minimum atomic E-state index is -3.94. The molecule has 0 fully saturated rings. The first-order valence-corrected chi connectivity index (χ1v) is 11.7. The molecule has 10 heteroatoms. The highest BCUT2D eigenvalue weighted by Crippen LogP contribution is 2.21. The van der Waals surface area contributed by atoms with Gasteiger partial charge in [0.25, 0.3) is 5.91 Å². The topological polar surface area (TPSA) is 91.7 Å². The van der Waals surface area contributed by atoms with Crippen molar-refractivity contribution >= 4 is 49.7 Å². The number of nitrogens with zero attached hydrogens (tertiary/aromatic N) is 3. The van der Waals surface area contributed by atoms with Crippen LogP contribution in [0.4, 0.5) is 0 Å². The Morgan fingerprint density at radius 1 is 1.13 bits per heavy atom. The number of hydrazone groups is 1. The van der Waals surface area contributed by atoms with Crippen molar-refractivity contribution in [2.75, 3.05) is 6.54 Å². The molecule has 0 aliphatic heterocycles. The summed E-state index contributed by atoms with van der Waals surface area (Å²) in [5, 5.41) is 4.41. The smallest absolute Gasteiger partial charge is 0.255 e. The maximum atomic E-state index is 13.2. The fourth-order valence-electron chi connectivity index (χ4n) is 2.60. The molecule has 1 N–H and O–H groups in total. The van der Waals surface area contributed by atoms with Crippen molar-refractivity contribution in [1.82, 2.24) is 14.7 Å². The van der Waals surface area contributed by atoms with Crippen LogP contribution in [0.25, 0.3) is 0 Å². The van der Waals surface area contributed by atoms with Gasteiger partial charge < -0.3 is 0 Å². The van der Waals surface area contributed by atoms with Crippen LogP contribution in [0.3, 0.4) is 0 Å². The highest BCUT2D eigenvalue weighted by atomic mass is 79.9. The molecular formula is C21H18BrClN4O3S. The number of pyridine rings is 1. The van der Waals surface area contributed by atoms with Crippen LogP contribution < -0.4 is 5.43 Å². The third-order valence-electron chi connectivity index (χ3n) is 4.13. The number of carbonyl (C=O) groups excluding carboxylic acids is 1. The summed E-state index contributed by atoms with van der Waals surface area (Å²) in [4.78, 5) is 16.5. The van der Waals surface area contributed by atoms with E-state index in [9.17, 15) is 13.2 Å². The molecule has 0 saturated carbocycles. The van der Waals surface area contributed by atoms with Crippen LogP contribution >= 0.6 is 27.5 Å². The molecule has 31 heavy (non-hydrogen) atoms. The van der Waals surface area contributed by atoms with Gasteiger partial charge in [-0.3, -0.25) is 9.78 Å². The van der Waals surface area contributed by atoms with Crippen molar-refractivity contribution in [2.24, 2.45) is 5.10 Å². The largest absolute Gasteiger partial charge is 0.272 e. The lowest BCUT2D eigenvalue weighted by Gasteiger charge is -2.21. The fraction of sp³-hybridized carbons (Fsp3) is 0.0952. The predicted octanol–water partition coefficient (Wildman–Crippen LogP) is 3.84. The van der Waals surface area contributed by atoms with Crippen molar-refractivity contribution in [3.63, 3.8) is 0 Å². The molecule has 0 atom stereocenters. The van der Waals surface area contributed by atoms with Crippen LogP contribution in [-0.2, 0) is 21.4 Å². The first-order valence-electron chi connectivity index (χ1n) is 9.07. The number of amides is 1. The quantitative estimate of drug-likeness (QED) is 0.360. The number of halogens is 2. The highest BCUT2D eigenvalue weighted by Gasteiger charge is 2.27. The summed E-state index contributed by atoms with van der Waals surface area (Å²) >= 11 is 9.21. The number of benzene rings is 2. The Morgan fingerprint density at radius 3 is 2.48 bits per heavy atom. The Hall–Kier alpha value is -2.59. The van der Waals surface area contributed by atoms with E-state index < -0.39 is 22.5 Å². The summed E-state index contributed by atoms with van der Waals surface area (Å²) in [5.41, 5.74) is 3.75. The lowest BCUT2D eigenvalue weighted by atomic mass is 10.2. The Balaban J connectivity index is 1.79. The monoisotopic (exact) mass is 520 g/mol. The van der Waals surface area contributed by atoms with E-state index in [1.165, 1.54) is 18.3 Å². The van der Waals surface area contributed by atoms with E-state index in [1.54, 1.807) is 60.9 Å². The maximum Gasteiger partial charge on any atom is 0.255 e. The minimum Gasteiger partial charge on any atom is -0.272 e. The standard InChI is InChI=1S/C21H18BrClN4O3S/c22-18-5-9-20(10-6-18)31(29,30)27(14-16-3-7-19(23)8-4-16)15-21(28)26-25-13-17-2-1-11-24-12-17/h1-13H,14-15H2,(H,26,28)/b25-13-. The van der Waals surface area contributed by atoms with E-state index in [0.717, 1.165) is 8.78 Å². The third kappa shape index (κ3) is 6.70. The molecule has 1 aromatic heterocycles. The van der Waals surface area contributed by atoms with Crippen LogP contribution in [0, 0.1) is 0 Å². The van der Waals surface area contributed by atoms with Gasteiger partial charge in [0, 0.05) is 34.0 Å². The van der Waals surface area contributed by atoms with Crippen LogP contribution in [0.5, 0.6) is 0 Å². The van der Waals surface area contributed by atoms with Crippen molar-refractivity contribution < 1.29 is 13.2 Å². The average Bonchev–Trinajstić information content (AvgIpc) is 2.76. The van der Waals surface area contributed by atoms with Gasteiger partial charge in [-0.05, 0) is 48.0 Å². The Kier molecular flexibility index (Phi) is 7.91. The van der Waals surface area contributed by atoms with Crippen LogP contribution in [0.2, 0.25) is 5.02 Å². The molecular weight excluding hydrogens is 504 g/mol. The van der Waals surface area contributed by atoms with Crippen LogP contribution in [-0.4, -0.2) is 36.4 Å². The van der Waals surface area contributed by atoms with Crippen molar-refractivity contribution in [1.29, 1.82) is 0 Å². The fourth-order valence-corrected chi connectivity index (χ4v) is 4.38. The second-order valence-electron chi connectivity index (χ2n) is 6.43. The zero-order valence-corrected chi connectivity index (χ0v) is 19.3. The van der Waals surface area contributed by atoms with E-state index in [2.05, 4.69) is 31.4 Å². The number of aromatic nitrogens is 1. The molecule has 1 amide bonds. The van der Waals surface area contributed by atoms with Crippen molar-refractivity contribution in [3.05, 3.63) is 93.7 Å². The average molecular weight is 522 g/mol. The molecule has 2 aromatic carbocycles. The van der Waals surface area contributed by atoms with Gasteiger partial charge in [0.15, 0.2) is 0 Å². The van der Waals surface area contributed by atoms with Crippen LogP contribution in [0.1, 0.15) is 11.1 Å². The number of carbonyl (C=O) groups is 1. The molecule has 0 aliphatic carbocycles. The summed E-state index contributed by atoms with van der Waals surface area (Å²) in [5.74, 6) is -0.574. The maximum absolute atomic E-state index is 13.2. The molecule has 0 saturated heterocycles. The molecule has 3 aromatic rings. The van der Waals surface area contributed by atoms with Gasteiger partial charge in [-0.25, -0.2) is 13.8 Å². The second-order valence-corrected chi connectivity index (χ2v) is 9.72. The zero-order valence-electron chi connectivity index (χ0n) is 16.2. The normalized spacial score (nSPS) is 11.7. The molecule has 0 bridgehead atoms. The molecule has 0 unspecified atom stereocenters. The number of hydrogen-bond acceptors (Lipinski definition) is 5. The van der Waals surface area contributed by atoms with Crippen molar-refractivity contribution in [3.8, 4) is 0 Å². The summed E-state index contributed by atoms with van der Waals surface area (Å²) in [7, 11) is -3.94. The molecule has 160 valence electrons. The van der Waals surface area contributed by atoms with Crippen LogP contribution in [0.15, 0.2) is 87.5 Å². The summed E-state index contributed by atoms with van der Waals surface area (Å²) in [6, 6.07) is 16.5. The first-order chi connectivity index (χ1) is 14.8. The molecule has 1 heterocycles. The van der Waals surface area contributed by atoms with Gasteiger partial charge in [-0.15, -0.1) is 0 Å². The van der Waals surface area contributed by atoms with Crippen molar-refractivity contribution in [2.45, 2.75) is 11.4 Å². The lowest BCUT2D eigenvalue weighted by Crippen LogP contribution is -2.39. The number of sulfonamides is 1.